The van der Waals surface area contributed by atoms with Crippen LogP contribution in [0.4, 0.5) is 0 Å². The third-order valence-electron chi connectivity index (χ3n) is 6.64. The van der Waals surface area contributed by atoms with Gasteiger partial charge in [0.25, 0.3) is 5.91 Å². The molecule has 3 amide bonds. The number of carbonyl (C=O) groups excluding carboxylic acids is 4. The van der Waals surface area contributed by atoms with Gasteiger partial charge in [-0.15, -0.1) is 0 Å². The number of aryl methyl sites for hydroxylation is 1. The Morgan fingerprint density at radius 3 is 2.53 bits per heavy atom. The van der Waals surface area contributed by atoms with Crippen LogP contribution in [0.25, 0.3) is 0 Å². The summed E-state index contributed by atoms with van der Waals surface area (Å²) in [6, 6.07) is 4.90. The first-order chi connectivity index (χ1) is 15.3. The molecular formula is C23H29N3O6. The van der Waals surface area contributed by atoms with Crippen LogP contribution >= 0.6 is 0 Å². The number of rotatable bonds is 4. The Kier molecular flexibility index (Phi) is 6.45. The van der Waals surface area contributed by atoms with Crippen molar-refractivity contribution in [1.82, 2.24) is 15.5 Å². The van der Waals surface area contributed by atoms with Crippen molar-refractivity contribution < 1.29 is 29.0 Å². The zero-order valence-electron chi connectivity index (χ0n) is 18.1. The average Bonchev–Trinajstić information content (AvgIpc) is 3.31. The fourth-order valence-electron chi connectivity index (χ4n) is 4.93. The van der Waals surface area contributed by atoms with Gasteiger partial charge in [-0.05, 0) is 44.2 Å². The highest BCUT2D eigenvalue weighted by Gasteiger charge is 2.45. The highest BCUT2D eigenvalue weighted by atomic mass is 16.6. The summed E-state index contributed by atoms with van der Waals surface area (Å²) in [6.07, 6.45) is 2.75. The van der Waals surface area contributed by atoms with E-state index in [1.165, 1.54) is 0 Å². The molecule has 2 unspecified atom stereocenters. The number of benzene rings is 1. The minimum atomic E-state index is -1.38. The summed E-state index contributed by atoms with van der Waals surface area (Å²) >= 11 is 0. The highest BCUT2D eigenvalue weighted by molar-refractivity contribution is 5.99. The number of nitrogens with one attached hydrogen (secondary N) is 2. The van der Waals surface area contributed by atoms with Gasteiger partial charge in [-0.3, -0.25) is 19.2 Å². The van der Waals surface area contributed by atoms with Crippen LogP contribution in [0.1, 0.15) is 60.9 Å². The van der Waals surface area contributed by atoms with Crippen LogP contribution in [-0.2, 0) is 19.1 Å². The predicted octanol–water partition coefficient (Wildman–Crippen LogP) is 0.777. The van der Waals surface area contributed by atoms with Gasteiger partial charge in [0.2, 0.25) is 18.1 Å². The van der Waals surface area contributed by atoms with E-state index < -0.39 is 36.3 Å². The minimum absolute atomic E-state index is 0.0669. The van der Waals surface area contributed by atoms with E-state index in [2.05, 4.69) is 15.4 Å². The molecule has 0 bridgehead atoms. The third kappa shape index (κ3) is 4.48. The number of carbonyl (C=O) groups is 4. The molecule has 32 heavy (non-hydrogen) atoms. The molecule has 4 rings (SSSR count). The Bertz CT molecular complexity index is 919. The Morgan fingerprint density at radius 2 is 1.81 bits per heavy atom. The molecule has 1 aromatic carbocycles. The van der Waals surface area contributed by atoms with E-state index in [0.717, 1.165) is 24.8 Å². The zero-order chi connectivity index (χ0) is 22.8. The maximum absolute atomic E-state index is 13.5. The van der Waals surface area contributed by atoms with Crippen LogP contribution in [0.5, 0.6) is 0 Å². The normalized spacial score (nSPS) is 30.2. The molecule has 3 N–H and O–H groups in total. The summed E-state index contributed by atoms with van der Waals surface area (Å²) in [5, 5.41) is 15.4. The number of amides is 3. The number of ether oxygens (including phenoxy) is 1. The van der Waals surface area contributed by atoms with Gasteiger partial charge < -0.3 is 25.4 Å². The van der Waals surface area contributed by atoms with Gasteiger partial charge in [-0.1, -0.05) is 31.0 Å². The minimum Gasteiger partial charge on any atom is -0.434 e. The monoisotopic (exact) mass is 443 g/mol. The molecule has 3 aliphatic heterocycles. The van der Waals surface area contributed by atoms with Crippen molar-refractivity contribution in [3.05, 3.63) is 35.4 Å². The summed E-state index contributed by atoms with van der Waals surface area (Å²) in [7, 11) is 0. The van der Waals surface area contributed by atoms with E-state index in [1.54, 1.807) is 17.0 Å². The molecule has 1 aromatic rings. The molecule has 9 heteroatoms. The largest absolute Gasteiger partial charge is 0.434 e. The van der Waals surface area contributed by atoms with Crippen molar-refractivity contribution in [2.24, 2.45) is 0 Å². The number of aliphatic hydroxyl groups excluding tert-OH is 1. The summed E-state index contributed by atoms with van der Waals surface area (Å²) in [5.74, 6) is -1.54. The molecule has 5 atom stereocenters. The number of fused-ring (bicyclic) bond motifs is 1. The van der Waals surface area contributed by atoms with Gasteiger partial charge in [0.05, 0.1) is 6.42 Å². The quantitative estimate of drug-likeness (QED) is 0.591. The lowest BCUT2D eigenvalue weighted by Crippen LogP contribution is -2.57. The molecule has 3 aliphatic rings. The molecule has 3 saturated heterocycles. The Balaban J connectivity index is 1.49. The summed E-state index contributed by atoms with van der Waals surface area (Å²) in [5.41, 5.74) is 1.35. The van der Waals surface area contributed by atoms with Crippen LogP contribution in [0.2, 0.25) is 0 Å². The molecule has 172 valence electrons. The molecular weight excluding hydrogens is 414 g/mol. The van der Waals surface area contributed by atoms with Gasteiger partial charge in [0.1, 0.15) is 18.1 Å². The number of cyclic esters (lactones) is 1. The molecule has 0 aliphatic carbocycles. The summed E-state index contributed by atoms with van der Waals surface area (Å²) in [6.45, 7) is 1.84. The van der Waals surface area contributed by atoms with Crippen molar-refractivity contribution in [2.45, 2.75) is 82.3 Å². The van der Waals surface area contributed by atoms with Gasteiger partial charge >= 0.3 is 5.97 Å². The second-order valence-electron chi connectivity index (χ2n) is 8.82. The molecule has 0 aromatic heterocycles. The van der Waals surface area contributed by atoms with E-state index in [9.17, 15) is 24.3 Å². The number of hydrogen-bond acceptors (Lipinski definition) is 6. The Labute approximate surface area is 186 Å². The number of esters is 1. The third-order valence-corrected chi connectivity index (χ3v) is 6.64. The lowest BCUT2D eigenvalue weighted by atomic mass is 9.98. The van der Waals surface area contributed by atoms with Crippen LogP contribution < -0.4 is 10.6 Å². The number of nitrogens with zero attached hydrogens (tertiary/aromatic N) is 1. The van der Waals surface area contributed by atoms with Crippen molar-refractivity contribution in [3.8, 4) is 0 Å². The van der Waals surface area contributed by atoms with E-state index >= 15 is 0 Å². The maximum atomic E-state index is 13.5. The number of hydrogen-bond donors (Lipinski definition) is 3. The molecule has 3 heterocycles. The first-order valence-corrected chi connectivity index (χ1v) is 11.2. The van der Waals surface area contributed by atoms with Crippen molar-refractivity contribution in [1.29, 1.82) is 0 Å². The first kappa shape index (κ1) is 22.3. The standard InChI is InChI=1S/C23H29N3O6/c1-13-6-2-4-8-15(13)20(28)24-16-9-5-3-7-14-10-11-18(26(14)22(16)30)21(29)25-17-12-19(27)32-23(17)31/h2,4,6,8,14,16-18,23,31H,3,5,7,9-12H2,1H3,(H,24,28)(H,25,29)/t14-,16-,17?,18-,23?/m0/s1. The van der Waals surface area contributed by atoms with E-state index in [0.29, 0.717) is 24.8 Å². The summed E-state index contributed by atoms with van der Waals surface area (Å²) < 4.78 is 4.69. The second kappa shape index (κ2) is 9.28. The second-order valence-corrected chi connectivity index (χ2v) is 8.82. The van der Waals surface area contributed by atoms with Crippen LogP contribution in [0, 0.1) is 6.92 Å². The fraction of sp³-hybridized carbons (Fsp3) is 0.565. The van der Waals surface area contributed by atoms with Crippen molar-refractivity contribution in [2.75, 3.05) is 0 Å². The molecule has 0 saturated carbocycles. The van der Waals surface area contributed by atoms with E-state index in [4.69, 9.17) is 0 Å². The fourth-order valence-corrected chi connectivity index (χ4v) is 4.93. The molecule has 0 radical (unpaired) electrons. The van der Waals surface area contributed by atoms with Crippen LogP contribution in [0.3, 0.4) is 0 Å². The average molecular weight is 444 g/mol. The lowest BCUT2D eigenvalue weighted by Gasteiger charge is -2.35. The molecule has 3 fully saturated rings. The van der Waals surface area contributed by atoms with Gasteiger partial charge in [0.15, 0.2) is 0 Å². The van der Waals surface area contributed by atoms with Crippen molar-refractivity contribution >= 4 is 23.7 Å². The van der Waals surface area contributed by atoms with Gasteiger partial charge in [-0.25, -0.2) is 0 Å². The van der Waals surface area contributed by atoms with Crippen LogP contribution in [-0.4, -0.2) is 64.2 Å². The highest BCUT2D eigenvalue weighted by Crippen LogP contribution is 2.32. The van der Waals surface area contributed by atoms with Crippen molar-refractivity contribution in [3.63, 3.8) is 0 Å². The van der Waals surface area contributed by atoms with E-state index in [1.807, 2.05) is 19.1 Å². The summed E-state index contributed by atoms with van der Waals surface area (Å²) in [4.78, 5) is 52.3. The number of aliphatic hydroxyl groups is 1. The molecule has 0 spiro atoms. The Morgan fingerprint density at radius 1 is 1.06 bits per heavy atom. The lowest BCUT2D eigenvalue weighted by molar-refractivity contribution is -0.155. The van der Waals surface area contributed by atoms with E-state index in [-0.39, 0.29) is 24.3 Å². The molecule has 9 nitrogen and oxygen atoms in total. The topological polar surface area (TPSA) is 125 Å². The zero-order valence-corrected chi connectivity index (χ0v) is 18.1. The maximum Gasteiger partial charge on any atom is 0.310 e. The smallest absolute Gasteiger partial charge is 0.310 e. The predicted molar refractivity (Wildman–Crippen MR) is 113 cm³/mol. The van der Waals surface area contributed by atoms with Gasteiger partial charge in [-0.2, -0.15) is 0 Å². The Hall–Kier alpha value is -2.94. The SMILES string of the molecule is Cc1ccccc1C(=O)N[C@H]1CCCC[C@H]2CC[C@@H](C(=O)NC3CC(=O)OC3O)N2C1=O. The van der Waals surface area contributed by atoms with Crippen LogP contribution in [0.15, 0.2) is 24.3 Å². The first-order valence-electron chi connectivity index (χ1n) is 11.2. The van der Waals surface area contributed by atoms with Gasteiger partial charge in [0, 0.05) is 11.6 Å².